The van der Waals surface area contributed by atoms with Crippen LogP contribution in [0.25, 0.3) is 0 Å². The fraction of sp³-hybridized carbons (Fsp3) is 0.600. The molecular formula is C20H29NO2. The van der Waals surface area contributed by atoms with Crippen LogP contribution < -0.4 is 5.32 Å². The number of hydrogen-bond donors (Lipinski definition) is 1. The van der Waals surface area contributed by atoms with Crippen molar-refractivity contribution >= 4 is 11.7 Å². The van der Waals surface area contributed by atoms with E-state index in [-0.39, 0.29) is 11.7 Å². The van der Waals surface area contributed by atoms with Gasteiger partial charge in [-0.15, -0.1) is 0 Å². The van der Waals surface area contributed by atoms with Crippen molar-refractivity contribution in [3.05, 3.63) is 35.4 Å². The summed E-state index contributed by atoms with van der Waals surface area (Å²) in [5, 5.41) is 2.85. The van der Waals surface area contributed by atoms with Gasteiger partial charge in [0.25, 0.3) is 5.91 Å². The molecule has 1 N–H and O–H groups in total. The molecule has 3 heteroatoms. The topological polar surface area (TPSA) is 46.2 Å². The van der Waals surface area contributed by atoms with Crippen molar-refractivity contribution in [3.8, 4) is 0 Å². The van der Waals surface area contributed by atoms with E-state index in [9.17, 15) is 9.59 Å². The molecule has 0 radical (unpaired) electrons. The molecule has 126 valence electrons. The number of carbonyl (C=O) groups excluding carboxylic acids is 2. The second-order valence-corrected chi connectivity index (χ2v) is 6.67. The Labute approximate surface area is 139 Å². The number of ketones is 1. The van der Waals surface area contributed by atoms with E-state index in [2.05, 4.69) is 36.5 Å². The number of fused-ring (bicyclic) bond motifs is 1. The highest BCUT2D eigenvalue weighted by Gasteiger charge is 2.20. The molecule has 1 aliphatic carbocycles. The van der Waals surface area contributed by atoms with Crippen LogP contribution in [0, 0.1) is 5.92 Å². The molecule has 1 aromatic carbocycles. The van der Waals surface area contributed by atoms with Crippen molar-refractivity contribution in [1.29, 1.82) is 0 Å². The first-order valence-corrected chi connectivity index (χ1v) is 9.08. The molecule has 0 heterocycles. The first-order valence-electron chi connectivity index (χ1n) is 9.08. The number of unbranched alkanes of at least 4 members (excludes halogenated alkanes) is 4. The molecule has 1 unspecified atom stereocenters. The van der Waals surface area contributed by atoms with E-state index in [0.717, 1.165) is 38.5 Å². The highest BCUT2D eigenvalue weighted by molar-refractivity contribution is 6.36. The maximum absolute atomic E-state index is 11.9. The largest absolute Gasteiger partial charge is 0.349 e. The maximum atomic E-state index is 11.9. The highest BCUT2D eigenvalue weighted by Crippen LogP contribution is 2.24. The van der Waals surface area contributed by atoms with Crippen LogP contribution in [0.4, 0.5) is 0 Å². The summed E-state index contributed by atoms with van der Waals surface area (Å²) >= 11 is 0. The average molecular weight is 315 g/mol. The first-order chi connectivity index (χ1) is 11.2. The van der Waals surface area contributed by atoms with Crippen LogP contribution in [-0.4, -0.2) is 18.2 Å². The van der Waals surface area contributed by atoms with Gasteiger partial charge in [0.1, 0.15) is 0 Å². The molecular weight excluding hydrogens is 286 g/mol. The van der Waals surface area contributed by atoms with Crippen LogP contribution in [0.1, 0.15) is 63.0 Å². The van der Waals surface area contributed by atoms with Crippen molar-refractivity contribution in [1.82, 2.24) is 5.32 Å². The smallest absolute Gasteiger partial charge is 0.287 e. The number of nitrogens with one attached hydrogen (secondary N) is 1. The molecule has 1 atom stereocenters. The fourth-order valence-electron chi connectivity index (χ4n) is 3.29. The molecule has 0 fully saturated rings. The van der Waals surface area contributed by atoms with Crippen LogP contribution in [0.2, 0.25) is 0 Å². The maximum Gasteiger partial charge on any atom is 0.287 e. The van der Waals surface area contributed by atoms with Crippen LogP contribution in [0.3, 0.4) is 0 Å². The molecule has 1 amide bonds. The number of benzene rings is 1. The predicted molar refractivity (Wildman–Crippen MR) is 93.3 cm³/mol. The normalized spacial score (nSPS) is 16.7. The molecule has 0 saturated heterocycles. The van der Waals surface area contributed by atoms with Gasteiger partial charge in [-0.3, -0.25) is 9.59 Å². The van der Waals surface area contributed by atoms with Gasteiger partial charge in [0, 0.05) is 13.0 Å². The van der Waals surface area contributed by atoms with Crippen LogP contribution in [0.5, 0.6) is 0 Å². The van der Waals surface area contributed by atoms with Crippen molar-refractivity contribution in [3.63, 3.8) is 0 Å². The Morgan fingerprint density at radius 1 is 1.09 bits per heavy atom. The summed E-state index contributed by atoms with van der Waals surface area (Å²) in [5.74, 6) is -0.191. The molecule has 2 rings (SSSR count). The highest BCUT2D eigenvalue weighted by atomic mass is 16.2. The number of Topliss-reactive ketones (excluding diaryl/α,β-unsaturated/α-hetero) is 1. The number of aryl methyl sites for hydroxylation is 1. The van der Waals surface area contributed by atoms with Crippen molar-refractivity contribution < 1.29 is 9.59 Å². The van der Waals surface area contributed by atoms with Gasteiger partial charge in [0.2, 0.25) is 5.78 Å². The third kappa shape index (κ3) is 5.81. The van der Waals surface area contributed by atoms with Gasteiger partial charge < -0.3 is 5.32 Å². The third-order valence-corrected chi connectivity index (χ3v) is 4.76. The van der Waals surface area contributed by atoms with Gasteiger partial charge in [0.05, 0.1) is 0 Å². The number of rotatable bonds is 9. The van der Waals surface area contributed by atoms with E-state index >= 15 is 0 Å². The zero-order valence-corrected chi connectivity index (χ0v) is 14.3. The van der Waals surface area contributed by atoms with Crippen LogP contribution in [0.15, 0.2) is 24.3 Å². The van der Waals surface area contributed by atoms with Gasteiger partial charge in [-0.05, 0) is 42.7 Å². The second-order valence-electron chi connectivity index (χ2n) is 6.67. The number of hydrogen-bond acceptors (Lipinski definition) is 2. The monoisotopic (exact) mass is 315 g/mol. The van der Waals surface area contributed by atoms with E-state index in [1.54, 1.807) is 0 Å². The van der Waals surface area contributed by atoms with Gasteiger partial charge in [-0.2, -0.15) is 0 Å². The summed E-state index contributed by atoms with van der Waals surface area (Å²) in [7, 11) is 0. The standard InChI is InChI=1S/C20H29NO2/c1-2-3-4-5-6-11-19(22)20(23)21-15-16-12-13-17-9-7-8-10-18(17)14-16/h7-10,16H,2-6,11-15H2,1H3,(H,21,23). The molecule has 23 heavy (non-hydrogen) atoms. The Kier molecular flexibility index (Phi) is 7.31. The zero-order valence-electron chi connectivity index (χ0n) is 14.3. The van der Waals surface area contributed by atoms with Crippen LogP contribution in [-0.2, 0) is 22.4 Å². The Morgan fingerprint density at radius 2 is 1.83 bits per heavy atom. The summed E-state index contributed by atoms with van der Waals surface area (Å²) in [4.78, 5) is 23.7. The minimum absolute atomic E-state index is 0.252. The lowest BCUT2D eigenvalue weighted by atomic mass is 9.84. The summed E-state index contributed by atoms with van der Waals surface area (Å²) < 4.78 is 0. The summed E-state index contributed by atoms with van der Waals surface area (Å²) in [6.07, 6.45) is 9.00. The van der Waals surface area contributed by atoms with E-state index < -0.39 is 0 Å². The van der Waals surface area contributed by atoms with Crippen molar-refractivity contribution in [2.75, 3.05) is 6.54 Å². The van der Waals surface area contributed by atoms with E-state index in [4.69, 9.17) is 0 Å². The SMILES string of the molecule is CCCCCCCC(=O)C(=O)NCC1CCc2ccccc2C1. The number of carbonyl (C=O) groups is 2. The molecule has 0 aromatic heterocycles. The van der Waals surface area contributed by atoms with Crippen molar-refractivity contribution in [2.45, 2.75) is 64.7 Å². The van der Waals surface area contributed by atoms with Gasteiger partial charge in [-0.1, -0.05) is 56.9 Å². The molecule has 0 aliphatic heterocycles. The van der Waals surface area contributed by atoms with Crippen LogP contribution >= 0.6 is 0 Å². The van der Waals surface area contributed by atoms with E-state index in [1.807, 2.05) is 0 Å². The molecule has 1 aliphatic rings. The Hall–Kier alpha value is -1.64. The first kappa shape index (κ1) is 17.7. The van der Waals surface area contributed by atoms with Gasteiger partial charge >= 0.3 is 0 Å². The lowest BCUT2D eigenvalue weighted by Gasteiger charge is -2.24. The van der Waals surface area contributed by atoms with E-state index in [1.165, 1.54) is 24.0 Å². The van der Waals surface area contributed by atoms with Crippen molar-refractivity contribution in [2.24, 2.45) is 5.92 Å². The summed E-state index contributed by atoms with van der Waals surface area (Å²) in [6.45, 7) is 2.79. The zero-order chi connectivity index (χ0) is 16.5. The minimum Gasteiger partial charge on any atom is -0.349 e. The van der Waals surface area contributed by atoms with Gasteiger partial charge in [-0.25, -0.2) is 0 Å². The second kappa shape index (κ2) is 9.49. The third-order valence-electron chi connectivity index (χ3n) is 4.76. The molecule has 3 nitrogen and oxygen atoms in total. The average Bonchev–Trinajstić information content (AvgIpc) is 2.59. The Morgan fingerprint density at radius 3 is 2.61 bits per heavy atom. The molecule has 0 spiro atoms. The lowest BCUT2D eigenvalue weighted by molar-refractivity contribution is -0.138. The lowest BCUT2D eigenvalue weighted by Crippen LogP contribution is -2.36. The Balaban J connectivity index is 1.66. The number of amides is 1. The summed E-state index contributed by atoms with van der Waals surface area (Å²) in [6, 6.07) is 8.51. The summed E-state index contributed by atoms with van der Waals surface area (Å²) in [5.41, 5.74) is 2.82. The van der Waals surface area contributed by atoms with E-state index in [0.29, 0.717) is 18.9 Å². The Bertz CT molecular complexity index is 524. The predicted octanol–water partition coefficient (Wildman–Crippen LogP) is 3.84. The quantitative estimate of drug-likeness (QED) is 0.556. The molecule has 0 saturated carbocycles. The minimum atomic E-state index is -0.389. The molecule has 1 aromatic rings. The molecule has 0 bridgehead atoms. The fourth-order valence-corrected chi connectivity index (χ4v) is 3.29. The van der Waals surface area contributed by atoms with Gasteiger partial charge in [0.15, 0.2) is 0 Å².